The summed E-state index contributed by atoms with van der Waals surface area (Å²) >= 11 is -0.340. The zero-order valence-electron chi connectivity index (χ0n) is 5.38. The Hall–Kier alpha value is -0.180. The predicted octanol–water partition coefficient (Wildman–Crippen LogP) is 1.26. The molecule has 0 bridgehead atoms. The molecule has 0 atom stereocenters. The van der Waals surface area contributed by atoms with E-state index < -0.39 is 0 Å². The Morgan fingerprint density at radius 2 is 1.89 bits per heavy atom. The minimum atomic E-state index is -0.340. The summed E-state index contributed by atoms with van der Waals surface area (Å²) in [7, 11) is 0. The number of rotatable bonds is 2. The molecular formula is C6H12O2S. The standard InChI is InChI=1S/C6H12O2S/c7-6-8-9-4-2-1-3-5-9/h6,9H,1-5H2. The van der Waals surface area contributed by atoms with E-state index in [-0.39, 0.29) is 11.2 Å². The van der Waals surface area contributed by atoms with Gasteiger partial charge in [0.1, 0.15) is 0 Å². The Morgan fingerprint density at radius 3 is 2.44 bits per heavy atom. The fraction of sp³-hybridized carbons (Fsp3) is 0.833. The Balaban J connectivity index is 2.15. The van der Waals surface area contributed by atoms with Crippen molar-refractivity contribution in [2.45, 2.75) is 19.3 Å². The van der Waals surface area contributed by atoms with E-state index in [0.717, 1.165) is 11.5 Å². The lowest BCUT2D eigenvalue weighted by Crippen LogP contribution is -2.04. The maximum absolute atomic E-state index is 9.87. The largest absolute Gasteiger partial charge is 0.420 e. The highest BCUT2D eigenvalue weighted by Gasteiger charge is 2.08. The molecule has 0 unspecified atom stereocenters. The smallest absolute Gasteiger partial charge is 0.303 e. The molecule has 1 fully saturated rings. The number of carbonyl (C=O) groups excluding carboxylic acids is 1. The van der Waals surface area contributed by atoms with Crippen LogP contribution in [0.4, 0.5) is 0 Å². The number of thiol groups is 1. The molecule has 0 aromatic carbocycles. The molecule has 1 saturated heterocycles. The summed E-state index contributed by atoms with van der Waals surface area (Å²) in [6.45, 7) is 0.594. The molecule has 54 valence electrons. The fourth-order valence-electron chi connectivity index (χ4n) is 1.03. The van der Waals surface area contributed by atoms with Crippen molar-refractivity contribution in [2.75, 3.05) is 11.5 Å². The molecule has 0 amide bonds. The van der Waals surface area contributed by atoms with E-state index >= 15 is 0 Å². The van der Waals surface area contributed by atoms with Gasteiger partial charge < -0.3 is 4.18 Å². The molecule has 3 heteroatoms. The molecule has 0 radical (unpaired) electrons. The highest BCUT2D eigenvalue weighted by Crippen LogP contribution is 2.32. The molecule has 0 aromatic rings. The third kappa shape index (κ3) is 2.26. The van der Waals surface area contributed by atoms with E-state index in [2.05, 4.69) is 0 Å². The lowest BCUT2D eigenvalue weighted by molar-refractivity contribution is -0.119. The lowest BCUT2D eigenvalue weighted by atomic mass is 10.3. The van der Waals surface area contributed by atoms with Crippen LogP contribution in [-0.4, -0.2) is 18.0 Å². The van der Waals surface area contributed by atoms with E-state index in [9.17, 15) is 4.79 Å². The van der Waals surface area contributed by atoms with Gasteiger partial charge in [0.15, 0.2) is 0 Å². The molecule has 9 heavy (non-hydrogen) atoms. The third-order valence-corrected chi connectivity index (χ3v) is 3.52. The van der Waals surface area contributed by atoms with Crippen molar-refractivity contribution in [2.24, 2.45) is 0 Å². The van der Waals surface area contributed by atoms with Gasteiger partial charge in [-0.05, 0) is 12.8 Å². The Bertz CT molecular complexity index is 89.1. The van der Waals surface area contributed by atoms with Crippen molar-refractivity contribution in [3.63, 3.8) is 0 Å². The molecular weight excluding hydrogens is 136 g/mol. The van der Waals surface area contributed by atoms with Crippen LogP contribution < -0.4 is 0 Å². The van der Waals surface area contributed by atoms with Crippen molar-refractivity contribution in [1.82, 2.24) is 0 Å². The predicted molar refractivity (Wildman–Crippen MR) is 39.7 cm³/mol. The first-order valence-electron chi connectivity index (χ1n) is 3.29. The molecule has 0 aliphatic carbocycles. The van der Waals surface area contributed by atoms with Crippen LogP contribution in [0.5, 0.6) is 0 Å². The Kier molecular flexibility index (Phi) is 2.91. The van der Waals surface area contributed by atoms with Crippen molar-refractivity contribution >= 4 is 17.6 Å². The zero-order chi connectivity index (χ0) is 6.53. The van der Waals surface area contributed by atoms with Crippen LogP contribution in [0, 0.1) is 0 Å². The van der Waals surface area contributed by atoms with Gasteiger partial charge in [-0.25, -0.2) is 0 Å². The third-order valence-electron chi connectivity index (χ3n) is 1.51. The Morgan fingerprint density at radius 1 is 1.22 bits per heavy atom. The van der Waals surface area contributed by atoms with Gasteiger partial charge in [0.2, 0.25) is 0 Å². The van der Waals surface area contributed by atoms with Crippen LogP contribution >= 0.6 is 11.2 Å². The molecule has 1 rings (SSSR count). The maximum atomic E-state index is 9.87. The SMILES string of the molecule is O=CO[SH]1CCCCC1. The van der Waals surface area contributed by atoms with Crippen molar-refractivity contribution < 1.29 is 8.98 Å². The van der Waals surface area contributed by atoms with E-state index in [4.69, 9.17) is 4.18 Å². The molecule has 1 heterocycles. The summed E-state index contributed by atoms with van der Waals surface area (Å²) in [6, 6.07) is 0. The van der Waals surface area contributed by atoms with Gasteiger partial charge in [0.25, 0.3) is 0 Å². The van der Waals surface area contributed by atoms with Gasteiger partial charge in [-0.3, -0.25) is 4.79 Å². The number of hydrogen-bond acceptors (Lipinski definition) is 2. The molecule has 0 spiro atoms. The van der Waals surface area contributed by atoms with Gasteiger partial charge in [0.05, 0.1) is 0 Å². The van der Waals surface area contributed by atoms with E-state index in [1.54, 1.807) is 0 Å². The quantitative estimate of drug-likeness (QED) is 0.471. The van der Waals surface area contributed by atoms with Crippen LogP contribution in [0.15, 0.2) is 0 Å². The first kappa shape index (κ1) is 6.93. The van der Waals surface area contributed by atoms with E-state index in [1.165, 1.54) is 19.3 Å². The van der Waals surface area contributed by atoms with Gasteiger partial charge in [-0.2, -0.15) is 0 Å². The lowest BCUT2D eigenvalue weighted by Gasteiger charge is -2.22. The van der Waals surface area contributed by atoms with Gasteiger partial charge in [0, 0.05) is 11.5 Å². The summed E-state index contributed by atoms with van der Waals surface area (Å²) in [5.41, 5.74) is 0. The molecule has 1 aliphatic rings. The minimum absolute atomic E-state index is 0.340. The normalized spacial score (nSPS) is 23.3. The van der Waals surface area contributed by atoms with Crippen LogP contribution in [0.1, 0.15) is 19.3 Å². The minimum Gasteiger partial charge on any atom is -0.420 e. The summed E-state index contributed by atoms with van der Waals surface area (Å²) in [6.07, 6.45) is 3.82. The van der Waals surface area contributed by atoms with E-state index in [0.29, 0.717) is 6.47 Å². The highest BCUT2D eigenvalue weighted by molar-refractivity contribution is 8.13. The van der Waals surface area contributed by atoms with Gasteiger partial charge in [-0.15, -0.1) is 11.2 Å². The van der Waals surface area contributed by atoms with Crippen molar-refractivity contribution in [3.05, 3.63) is 0 Å². The van der Waals surface area contributed by atoms with Crippen LogP contribution in [-0.2, 0) is 8.98 Å². The monoisotopic (exact) mass is 148 g/mol. The van der Waals surface area contributed by atoms with Gasteiger partial charge >= 0.3 is 6.47 Å². The molecule has 0 aromatic heterocycles. The fourth-order valence-corrected chi connectivity index (χ4v) is 2.74. The average molecular weight is 148 g/mol. The summed E-state index contributed by atoms with van der Waals surface area (Å²) in [5, 5.41) is 0. The molecule has 2 nitrogen and oxygen atoms in total. The van der Waals surface area contributed by atoms with E-state index in [1.807, 2.05) is 0 Å². The summed E-state index contributed by atoms with van der Waals surface area (Å²) in [4.78, 5) is 9.87. The van der Waals surface area contributed by atoms with Crippen LogP contribution in [0.2, 0.25) is 0 Å². The first-order chi connectivity index (χ1) is 4.43. The Labute approximate surface area is 58.1 Å². The van der Waals surface area contributed by atoms with Crippen molar-refractivity contribution in [3.8, 4) is 0 Å². The average Bonchev–Trinajstić information content (AvgIpc) is 1.91. The van der Waals surface area contributed by atoms with Crippen LogP contribution in [0.3, 0.4) is 0 Å². The molecule has 1 aliphatic heterocycles. The topological polar surface area (TPSA) is 26.3 Å². The number of hydrogen-bond donors (Lipinski definition) is 1. The first-order valence-corrected chi connectivity index (χ1v) is 4.92. The summed E-state index contributed by atoms with van der Waals surface area (Å²) < 4.78 is 4.87. The van der Waals surface area contributed by atoms with Crippen molar-refractivity contribution in [1.29, 1.82) is 0 Å². The molecule has 0 saturated carbocycles. The second-order valence-electron chi connectivity index (χ2n) is 2.19. The molecule has 0 N–H and O–H groups in total. The second-order valence-corrected chi connectivity index (χ2v) is 4.26. The van der Waals surface area contributed by atoms with Crippen LogP contribution in [0.25, 0.3) is 0 Å². The number of carbonyl (C=O) groups is 1. The highest BCUT2D eigenvalue weighted by atomic mass is 32.2. The maximum Gasteiger partial charge on any atom is 0.303 e. The van der Waals surface area contributed by atoms with Gasteiger partial charge in [-0.1, -0.05) is 6.42 Å². The summed E-state index contributed by atoms with van der Waals surface area (Å²) in [5.74, 6) is 2.27. The zero-order valence-corrected chi connectivity index (χ0v) is 6.27. The second kappa shape index (κ2) is 3.77.